The molecule has 1 aliphatic heterocycles. The molecule has 4 rings (SSSR count). The first-order valence-corrected chi connectivity index (χ1v) is 9.34. The molecule has 0 spiro atoms. The maximum atomic E-state index is 12.1. The fraction of sp³-hybridized carbons (Fsp3) is 0.278. The van der Waals surface area contributed by atoms with Crippen molar-refractivity contribution in [2.75, 3.05) is 25.0 Å². The van der Waals surface area contributed by atoms with Gasteiger partial charge >= 0.3 is 0 Å². The Morgan fingerprint density at radius 2 is 2.25 bits per heavy atom. The molecule has 0 atom stereocenters. The van der Waals surface area contributed by atoms with Gasteiger partial charge in [-0.15, -0.1) is 0 Å². The minimum absolute atomic E-state index is 0.105. The molecule has 1 aromatic carbocycles. The fourth-order valence-electron chi connectivity index (χ4n) is 3.71. The number of amides is 1. The van der Waals surface area contributed by atoms with Crippen LogP contribution in [0.1, 0.15) is 5.69 Å². The molecule has 1 aliphatic rings. The number of halogens is 2. The van der Waals surface area contributed by atoms with Gasteiger partial charge in [0.15, 0.2) is 0 Å². The number of aromatic nitrogens is 3. The van der Waals surface area contributed by atoms with Crippen LogP contribution in [0.5, 0.6) is 0 Å². The molecule has 0 saturated carbocycles. The van der Waals surface area contributed by atoms with Crippen LogP contribution < -0.4 is 5.32 Å². The molecule has 0 saturated heterocycles. The SMILES string of the molecule is N#CCNc1cc(Cl)c(Cl)c2c1c(-c1cn[nH]c1)c1n2CCN(C(=O)CO)C1. The molecule has 144 valence electrons. The van der Waals surface area contributed by atoms with Gasteiger partial charge in [-0.05, 0) is 6.07 Å². The van der Waals surface area contributed by atoms with E-state index in [0.29, 0.717) is 35.4 Å². The number of hydrogen-bond acceptors (Lipinski definition) is 5. The van der Waals surface area contributed by atoms with E-state index in [4.69, 9.17) is 28.5 Å². The van der Waals surface area contributed by atoms with Gasteiger partial charge in [-0.2, -0.15) is 10.4 Å². The molecule has 0 radical (unpaired) electrons. The first-order valence-electron chi connectivity index (χ1n) is 8.58. The second-order valence-electron chi connectivity index (χ2n) is 6.39. The van der Waals surface area contributed by atoms with E-state index in [1.807, 2.05) is 4.57 Å². The van der Waals surface area contributed by atoms with E-state index in [9.17, 15) is 9.90 Å². The molecule has 0 aliphatic carbocycles. The number of aromatic amines is 1. The quantitative estimate of drug-likeness (QED) is 0.564. The topological polar surface area (TPSA) is 110 Å². The van der Waals surface area contributed by atoms with Gasteiger partial charge < -0.3 is 19.9 Å². The predicted octanol–water partition coefficient (Wildman–Crippen LogP) is 2.61. The predicted molar refractivity (Wildman–Crippen MR) is 106 cm³/mol. The van der Waals surface area contributed by atoms with Gasteiger partial charge in [0.2, 0.25) is 5.91 Å². The summed E-state index contributed by atoms with van der Waals surface area (Å²) in [7, 11) is 0. The van der Waals surface area contributed by atoms with Crippen molar-refractivity contribution in [3.8, 4) is 17.2 Å². The second-order valence-corrected chi connectivity index (χ2v) is 7.17. The molecule has 0 unspecified atom stereocenters. The first-order chi connectivity index (χ1) is 13.6. The summed E-state index contributed by atoms with van der Waals surface area (Å²) in [6, 6.07) is 3.77. The van der Waals surface area contributed by atoms with Crippen molar-refractivity contribution < 1.29 is 9.90 Å². The number of aliphatic hydroxyl groups is 1. The zero-order valence-electron chi connectivity index (χ0n) is 14.7. The van der Waals surface area contributed by atoms with Gasteiger partial charge in [-0.3, -0.25) is 9.89 Å². The lowest BCUT2D eigenvalue weighted by atomic mass is 10.0. The maximum absolute atomic E-state index is 12.1. The van der Waals surface area contributed by atoms with Crippen LogP contribution in [0.15, 0.2) is 18.5 Å². The Kier molecular flexibility index (Phi) is 4.89. The Morgan fingerprint density at radius 1 is 1.43 bits per heavy atom. The first kappa shape index (κ1) is 18.6. The summed E-state index contributed by atoms with van der Waals surface area (Å²) >= 11 is 12.9. The van der Waals surface area contributed by atoms with Crippen LogP contribution in [0.3, 0.4) is 0 Å². The molecule has 1 amide bonds. The fourth-order valence-corrected chi connectivity index (χ4v) is 4.16. The second kappa shape index (κ2) is 7.36. The van der Waals surface area contributed by atoms with E-state index < -0.39 is 6.61 Å². The smallest absolute Gasteiger partial charge is 0.248 e. The molecular weight excluding hydrogens is 403 g/mol. The zero-order valence-corrected chi connectivity index (χ0v) is 16.2. The molecule has 0 fully saturated rings. The zero-order chi connectivity index (χ0) is 19.8. The van der Waals surface area contributed by atoms with E-state index in [-0.39, 0.29) is 12.5 Å². The van der Waals surface area contributed by atoms with Gasteiger partial charge in [0.25, 0.3) is 0 Å². The lowest BCUT2D eigenvalue weighted by Crippen LogP contribution is -2.39. The van der Waals surface area contributed by atoms with Crippen LogP contribution in [0, 0.1) is 11.3 Å². The standard InChI is InChI=1S/C18H16Cl2N6O2/c19-11-5-12(22-2-1-21)16-15(10-6-23-24-7-10)13-8-25(14(28)9-27)3-4-26(13)18(16)17(11)20/h5-7,22,27H,2-4,8-9H2,(H,23,24). The van der Waals surface area contributed by atoms with Gasteiger partial charge in [0, 0.05) is 47.2 Å². The molecule has 10 heteroatoms. The van der Waals surface area contributed by atoms with Crippen molar-refractivity contribution in [3.63, 3.8) is 0 Å². The monoisotopic (exact) mass is 418 g/mol. The molecular formula is C18H16Cl2N6O2. The third-order valence-electron chi connectivity index (χ3n) is 4.90. The largest absolute Gasteiger partial charge is 0.387 e. The Bertz CT molecular complexity index is 1100. The molecule has 3 aromatic rings. The van der Waals surface area contributed by atoms with E-state index in [1.54, 1.807) is 23.4 Å². The molecule has 28 heavy (non-hydrogen) atoms. The Morgan fingerprint density at radius 3 is 2.93 bits per heavy atom. The summed E-state index contributed by atoms with van der Waals surface area (Å²) in [6.07, 6.45) is 3.46. The van der Waals surface area contributed by atoms with Crippen LogP contribution in [0.4, 0.5) is 5.69 Å². The normalized spacial score (nSPS) is 13.4. The van der Waals surface area contributed by atoms with E-state index >= 15 is 0 Å². The number of nitriles is 1. The summed E-state index contributed by atoms with van der Waals surface area (Å²) in [6.45, 7) is 0.842. The van der Waals surface area contributed by atoms with E-state index in [1.165, 1.54) is 0 Å². The average Bonchev–Trinajstić information content (AvgIpc) is 3.34. The Balaban J connectivity index is 2.03. The number of nitrogens with one attached hydrogen (secondary N) is 2. The van der Waals surface area contributed by atoms with Gasteiger partial charge in [-0.25, -0.2) is 0 Å². The Hall–Kier alpha value is -2.73. The molecule has 3 heterocycles. The lowest BCUT2D eigenvalue weighted by Gasteiger charge is -2.29. The van der Waals surface area contributed by atoms with E-state index in [2.05, 4.69) is 21.6 Å². The lowest BCUT2D eigenvalue weighted by molar-refractivity contribution is -0.135. The number of carbonyl (C=O) groups is 1. The number of fused-ring (bicyclic) bond motifs is 3. The molecule has 2 aromatic heterocycles. The number of nitrogens with zero attached hydrogens (tertiary/aromatic N) is 4. The minimum atomic E-state index is -0.539. The molecule has 8 nitrogen and oxygen atoms in total. The van der Waals surface area contributed by atoms with Gasteiger partial charge in [0.1, 0.15) is 13.2 Å². The highest BCUT2D eigenvalue weighted by Crippen LogP contribution is 2.46. The summed E-state index contributed by atoms with van der Waals surface area (Å²) in [5.41, 5.74) is 3.99. The van der Waals surface area contributed by atoms with Crippen molar-refractivity contribution >= 4 is 45.7 Å². The number of aliphatic hydroxyl groups excluding tert-OH is 1. The maximum Gasteiger partial charge on any atom is 0.248 e. The number of hydrogen-bond donors (Lipinski definition) is 3. The number of benzene rings is 1. The van der Waals surface area contributed by atoms with Crippen molar-refractivity contribution in [1.82, 2.24) is 19.7 Å². The summed E-state index contributed by atoms with van der Waals surface area (Å²) < 4.78 is 2.05. The number of carbonyl (C=O) groups excluding carboxylic acids is 1. The summed E-state index contributed by atoms with van der Waals surface area (Å²) in [5, 5.41) is 29.8. The van der Waals surface area contributed by atoms with Crippen molar-refractivity contribution in [2.45, 2.75) is 13.1 Å². The number of anilines is 1. The highest BCUT2D eigenvalue weighted by molar-refractivity contribution is 6.46. The molecule has 0 bridgehead atoms. The van der Waals surface area contributed by atoms with Crippen molar-refractivity contribution in [2.24, 2.45) is 0 Å². The van der Waals surface area contributed by atoms with Crippen LogP contribution in [0.25, 0.3) is 22.0 Å². The Labute approximate surface area is 170 Å². The van der Waals surface area contributed by atoms with Crippen molar-refractivity contribution in [3.05, 3.63) is 34.2 Å². The molecule has 3 N–H and O–H groups in total. The third-order valence-corrected chi connectivity index (χ3v) is 5.67. The van der Waals surface area contributed by atoms with Crippen LogP contribution in [-0.2, 0) is 17.9 Å². The summed E-state index contributed by atoms with van der Waals surface area (Å²) in [4.78, 5) is 13.7. The van der Waals surface area contributed by atoms with Crippen LogP contribution in [-0.4, -0.2) is 50.4 Å². The third kappa shape index (κ3) is 2.88. The van der Waals surface area contributed by atoms with Gasteiger partial charge in [-0.1, -0.05) is 23.2 Å². The highest BCUT2D eigenvalue weighted by atomic mass is 35.5. The van der Waals surface area contributed by atoms with Crippen LogP contribution >= 0.6 is 23.2 Å². The van der Waals surface area contributed by atoms with Crippen LogP contribution in [0.2, 0.25) is 10.0 Å². The van der Waals surface area contributed by atoms with E-state index in [0.717, 1.165) is 27.7 Å². The van der Waals surface area contributed by atoms with Crippen molar-refractivity contribution in [1.29, 1.82) is 5.26 Å². The number of H-pyrrole nitrogens is 1. The van der Waals surface area contributed by atoms with Gasteiger partial charge in [0.05, 0.1) is 34.4 Å². The average molecular weight is 419 g/mol. The summed E-state index contributed by atoms with van der Waals surface area (Å²) in [5.74, 6) is -0.332. The number of rotatable bonds is 4. The minimum Gasteiger partial charge on any atom is -0.387 e. The highest BCUT2D eigenvalue weighted by Gasteiger charge is 2.30.